The second kappa shape index (κ2) is 10.1. The average Bonchev–Trinajstić information content (AvgIpc) is 3.59. The number of ether oxygens (including phenoxy) is 1. The number of nitriles is 1. The normalized spacial score (nSPS) is 14.0. The molecule has 1 saturated heterocycles. The maximum absolute atomic E-state index is 9.68. The van der Waals surface area contributed by atoms with Crippen LogP contribution in [0.3, 0.4) is 0 Å². The van der Waals surface area contributed by atoms with E-state index < -0.39 is 0 Å². The van der Waals surface area contributed by atoms with Gasteiger partial charge in [-0.3, -0.25) is 4.68 Å². The van der Waals surface area contributed by atoms with Gasteiger partial charge in [0.15, 0.2) is 0 Å². The molecule has 0 unspecified atom stereocenters. The Bertz CT molecular complexity index is 1670. The first-order valence-electron chi connectivity index (χ1n) is 12.1. The van der Waals surface area contributed by atoms with Crippen LogP contribution in [0, 0.1) is 11.3 Å². The lowest BCUT2D eigenvalue weighted by atomic mass is 10.0. The van der Waals surface area contributed by atoms with Crippen LogP contribution in [0.25, 0.3) is 27.8 Å². The molecule has 1 aliphatic rings. The van der Waals surface area contributed by atoms with Crippen LogP contribution in [0.2, 0.25) is 0 Å². The largest absolute Gasteiger partial charge is 0.481 e. The average molecular weight is 524 g/mol. The number of fused-ring (bicyclic) bond motifs is 1. The Hall–Kier alpha value is -4.56. The molecule has 0 amide bonds. The predicted molar refractivity (Wildman–Crippen MR) is 148 cm³/mol. The van der Waals surface area contributed by atoms with Crippen LogP contribution in [-0.2, 0) is 17.7 Å². The van der Waals surface area contributed by atoms with Crippen molar-refractivity contribution in [1.82, 2.24) is 29.4 Å². The van der Waals surface area contributed by atoms with Crippen molar-refractivity contribution in [3.8, 4) is 34.2 Å². The molecular formula is C27H25N9OS. The molecule has 5 aromatic heterocycles. The lowest BCUT2D eigenvalue weighted by molar-refractivity contribution is 0.398. The first-order chi connectivity index (χ1) is 18.6. The van der Waals surface area contributed by atoms with Gasteiger partial charge < -0.3 is 9.64 Å². The van der Waals surface area contributed by atoms with Crippen LogP contribution < -0.4 is 9.64 Å². The standard InChI is InChI=1S/C27H25N9OS/c1-34-17-22(15-31-34)20-11-24(27-21(12-28)14-32-36(27)18-20)19-3-5-25(29-13-19)35-7-9-38(10-8-35)33-23-4-6-26(37-2)30-16-23/h3-6,11,13-18H,7-10H2,1-2H3. The van der Waals surface area contributed by atoms with Gasteiger partial charge in [-0.15, -0.1) is 0 Å². The number of anilines is 1. The molecule has 1 aliphatic heterocycles. The van der Waals surface area contributed by atoms with E-state index in [9.17, 15) is 5.26 Å². The van der Waals surface area contributed by atoms with Gasteiger partial charge in [0, 0.05) is 78.6 Å². The fourth-order valence-electron chi connectivity index (χ4n) is 4.55. The van der Waals surface area contributed by atoms with Crippen molar-refractivity contribution in [2.24, 2.45) is 11.4 Å². The van der Waals surface area contributed by atoms with E-state index in [0.717, 1.165) is 63.9 Å². The Balaban J connectivity index is 1.24. The molecule has 0 bridgehead atoms. The zero-order valence-corrected chi connectivity index (χ0v) is 21.8. The Morgan fingerprint density at radius 1 is 0.947 bits per heavy atom. The van der Waals surface area contributed by atoms with Gasteiger partial charge in [-0.1, -0.05) is 10.7 Å². The fraction of sp³-hybridized carbons (Fsp3) is 0.222. The van der Waals surface area contributed by atoms with Crippen molar-refractivity contribution >= 4 is 27.7 Å². The molecule has 6 heterocycles. The van der Waals surface area contributed by atoms with Crippen molar-refractivity contribution < 1.29 is 4.74 Å². The maximum Gasteiger partial charge on any atom is 0.213 e. The number of rotatable bonds is 5. The summed E-state index contributed by atoms with van der Waals surface area (Å²) < 4.78 is 13.5. The van der Waals surface area contributed by atoms with Gasteiger partial charge in [0.05, 0.1) is 42.5 Å². The van der Waals surface area contributed by atoms with Gasteiger partial charge in [0.25, 0.3) is 0 Å². The lowest BCUT2D eigenvalue weighted by Crippen LogP contribution is -2.38. The van der Waals surface area contributed by atoms with E-state index in [1.54, 1.807) is 28.7 Å². The van der Waals surface area contributed by atoms with Crippen molar-refractivity contribution in [2.75, 3.05) is 36.6 Å². The molecule has 0 saturated carbocycles. The fourth-order valence-corrected chi connectivity index (χ4v) is 6.20. The molecule has 6 rings (SSSR count). The van der Waals surface area contributed by atoms with Crippen LogP contribution in [-0.4, -0.2) is 61.1 Å². The molecule has 0 spiro atoms. The van der Waals surface area contributed by atoms with Gasteiger partial charge in [-0.05, 0) is 24.3 Å². The monoisotopic (exact) mass is 523 g/mol. The highest BCUT2D eigenvalue weighted by atomic mass is 32.2. The second-order valence-electron chi connectivity index (χ2n) is 8.92. The topological polar surface area (TPSA) is 110 Å². The molecule has 11 heteroatoms. The molecule has 0 radical (unpaired) electrons. The molecule has 5 aromatic rings. The van der Waals surface area contributed by atoms with E-state index in [-0.39, 0.29) is 10.7 Å². The van der Waals surface area contributed by atoms with E-state index >= 15 is 0 Å². The molecule has 38 heavy (non-hydrogen) atoms. The van der Waals surface area contributed by atoms with Crippen molar-refractivity contribution in [2.45, 2.75) is 0 Å². The number of aromatic nitrogens is 6. The highest BCUT2D eigenvalue weighted by molar-refractivity contribution is 7.87. The molecule has 0 atom stereocenters. The summed E-state index contributed by atoms with van der Waals surface area (Å²) in [6.07, 6.45) is 11.0. The maximum atomic E-state index is 9.68. The van der Waals surface area contributed by atoms with E-state index in [1.165, 1.54) is 0 Å². The number of methoxy groups -OCH3 is 1. The van der Waals surface area contributed by atoms with E-state index in [2.05, 4.69) is 44.3 Å². The summed E-state index contributed by atoms with van der Waals surface area (Å²) in [6, 6.07) is 12.3. The quantitative estimate of drug-likeness (QED) is 0.342. The van der Waals surface area contributed by atoms with E-state index in [1.807, 2.05) is 44.0 Å². The number of hydrogen-bond donors (Lipinski definition) is 0. The SMILES string of the molecule is COc1ccc(N=S2CCN(c3ccc(-c4cc(-c5cnn(C)c5)cn5ncc(C#N)c45)cn3)CC2)cn1. The van der Waals surface area contributed by atoms with Crippen molar-refractivity contribution in [3.05, 3.63) is 73.1 Å². The third-order valence-electron chi connectivity index (χ3n) is 6.51. The molecule has 0 aromatic carbocycles. The number of aryl methyl sites for hydroxylation is 1. The summed E-state index contributed by atoms with van der Waals surface area (Å²) in [4.78, 5) is 11.4. The van der Waals surface area contributed by atoms with Crippen molar-refractivity contribution in [3.63, 3.8) is 0 Å². The first kappa shape index (κ1) is 23.8. The Morgan fingerprint density at radius 2 is 1.82 bits per heavy atom. The van der Waals surface area contributed by atoms with Gasteiger partial charge in [0.1, 0.15) is 11.9 Å². The van der Waals surface area contributed by atoms with Crippen LogP contribution in [0.5, 0.6) is 5.88 Å². The molecule has 0 aliphatic carbocycles. The van der Waals surface area contributed by atoms with Gasteiger partial charge >= 0.3 is 0 Å². The van der Waals surface area contributed by atoms with Gasteiger partial charge in [-0.2, -0.15) is 15.5 Å². The van der Waals surface area contributed by atoms with Crippen LogP contribution in [0.15, 0.2) is 71.9 Å². The minimum absolute atomic E-state index is 0.0393. The molecule has 190 valence electrons. The highest BCUT2D eigenvalue weighted by Crippen LogP contribution is 2.32. The summed E-state index contributed by atoms with van der Waals surface area (Å²) in [5.41, 5.74) is 5.98. The van der Waals surface area contributed by atoms with Crippen LogP contribution in [0.1, 0.15) is 5.56 Å². The minimum Gasteiger partial charge on any atom is -0.481 e. The summed E-state index contributed by atoms with van der Waals surface area (Å²) in [5.74, 6) is 3.49. The highest BCUT2D eigenvalue weighted by Gasteiger charge is 2.18. The molecule has 1 fully saturated rings. The predicted octanol–water partition coefficient (Wildman–Crippen LogP) is 4.03. The molecular weight excluding hydrogens is 498 g/mol. The number of hydrogen-bond acceptors (Lipinski definition) is 8. The van der Waals surface area contributed by atoms with Crippen molar-refractivity contribution in [1.29, 1.82) is 5.26 Å². The third kappa shape index (κ3) is 4.62. The Kier molecular flexibility index (Phi) is 6.31. The summed E-state index contributed by atoms with van der Waals surface area (Å²) in [7, 11) is 3.46. The van der Waals surface area contributed by atoms with Gasteiger partial charge in [0.2, 0.25) is 5.88 Å². The minimum atomic E-state index is -0.0393. The smallest absolute Gasteiger partial charge is 0.213 e. The molecule has 0 N–H and O–H groups in total. The Morgan fingerprint density at radius 3 is 2.47 bits per heavy atom. The Labute approximate surface area is 222 Å². The first-order valence-corrected chi connectivity index (χ1v) is 13.6. The van der Waals surface area contributed by atoms with E-state index in [4.69, 9.17) is 14.1 Å². The number of pyridine rings is 3. The second-order valence-corrected chi connectivity index (χ2v) is 10.8. The molecule has 10 nitrogen and oxygen atoms in total. The van der Waals surface area contributed by atoms with E-state index in [0.29, 0.717) is 11.4 Å². The third-order valence-corrected chi connectivity index (χ3v) is 8.29. The number of nitrogens with zero attached hydrogens (tertiary/aromatic N) is 9. The summed E-state index contributed by atoms with van der Waals surface area (Å²) in [6.45, 7) is 1.79. The van der Waals surface area contributed by atoms with Crippen LogP contribution in [0.4, 0.5) is 11.5 Å². The van der Waals surface area contributed by atoms with Crippen LogP contribution >= 0.6 is 0 Å². The lowest BCUT2D eigenvalue weighted by Gasteiger charge is -2.29. The van der Waals surface area contributed by atoms with Gasteiger partial charge in [-0.25, -0.2) is 18.8 Å². The zero-order valence-electron chi connectivity index (χ0n) is 21.0. The summed E-state index contributed by atoms with van der Waals surface area (Å²) in [5, 5.41) is 18.4. The summed E-state index contributed by atoms with van der Waals surface area (Å²) >= 11 is 0. The zero-order chi connectivity index (χ0) is 26.1.